The molecular formula is C21H31N3O4S2. The van der Waals surface area contributed by atoms with Crippen LogP contribution in [0.3, 0.4) is 0 Å². The summed E-state index contributed by atoms with van der Waals surface area (Å²) in [6.45, 7) is 4.30. The summed E-state index contributed by atoms with van der Waals surface area (Å²) < 4.78 is 33.3. The lowest BCUT2D eigenvalue weighted by Gasteiger charge is -2.26. The fourth-order valence-corrected chi connectivity index (χ4v) is 4.99. The molecule has 0 bridgehead atoms. The third-order valence-electron chi connectivity index (χ3n) is 4.71. The Morgan fingerprint density at radius 2 is 1.83 bits per heavy atom. The second-order valence-electron chi connectivity index (χ2n) is 7.76. The molecule has 0 unspecified atom stereocenters. The second kappa shape index (κ2) is 10.9. The van der Waals surface area contributed by atoms with E-state index in [9.17, 15) is 13.2 Å². The minimum atomic E-state index is -3.85. The van der Waals surface area contributed by atoms with Crippen LogP contribution in [0.1, 0.15) is 31.9 Å². The number of carbonyl (C=O) groups excluding carboxylic acids is 1. The molecule has 0 radical (unpaired) electrons. The van der Waals surface area contributed by atoms with Crippen LogP contribution in [0.25, 0.3) is 0 Å². The highest BCUT2D eigenvalue weighted by Gasteiger charge is 2.27. The van der Waals surface area contributed by atoms with Crippen molar-refractivity contribution in [3.63, 3.8) is 0 Å². The van der Waals surface area contributed by atoms with E-state index in [4.69, 9.17) is 4.74 Å². The first-order chi connectivity index (χ1) is 14.1. The number of nitrogens with one attached hydrogen (secondary N) is 2. The van der Waals surface area contributed by atoms with Gasteiger partial charge in [-0.1, -0.05) is 13.8 Å². The molecule has 1 aromatic heterocycles. The van der Waals surface area contributed by atoms with Gasteiger partial charge in [0.25, 0.3) is 0 Å². The predicted octanol–water partition coefficient (Wildman–Crippen LogP) is 2.87. The van der Waals surface area contributed by atoms with E-state index >= 15 is 0 Å². The third-order valence-corrected chi connectivity index (χ3v) is 6.90. The van der Waals surface area contributed by atoms with Crippen LogP contribution in [0, 0.1) is 5.92 Å². The topological polar surface area (TPSA) is 87.7 Å². The Morgan fingerprint density at radius 1 is 1.17 bits per heavy atom. The fourth-order valence-electron chi connectivity index (χ4n) is 3.07. The minimum absolute atomic E-state index is 0.0121. The van der Waals surface area contributed by atoms with E-state index < -0.39 is 16.1 Å². The molecule has 0 aliphatic carbocycles. The smallest absolute Gasteiger partial charge is 0.241 e. The Morgan fingerprint density at radius 3 is 2.33 bits per heavy atom. The molecule has 1 heterocycles. The van der Waals surface area contributed by atoms with Crippen LogP contribution in [-0.2, 0) is 14.8 Å². The Bertz CT molecular complexity index is 895. The summed E-state index contributed by atoms with van der Waals surface area (Å²) in [6.07, 6.45) is 0.395. The molecule has 1 aromatic carbocycles. The normalized spacial score (nSPS) is 14.0. The van der Waals surface area contributed by atoms with Crippen molar-refractivity contribution in [1.82, 2.24) is 14.9 Å². The van der Waals surface area contributed by atoms with E-state index in [-0.39, 0.29) is 22.8 Å². The quantitative estimate of drug-likeness (QED) is 0.546. The molecule has 7 nitrogen and oxygen atoms in total. The number of benzene rings is 1. The van der Waals surface area contributed by atoms with Crippen molar-refractivity contribution < 1.29 is 17.9 Å². The highest BCUT2D eigenvalue weighted by Crippen LogP contribution is 2.20. The molecule has 0 aliphatic heterocycles. The molecule has 2 N–H and O–H groups in total. The summed E-state index contributed by atoms with van der Waals surface area (Å²) in [7, 11) is 1.57. The van der Waals surface area contributed by atoms with Gasteiger partial charge in [0.1, 0.15) is 11.8 Å². The van der Waals surface area contributed by atoms with Crippen molar-refractivity contribution >= 4 is 27.3 Å². The number of sulfonamides is 1. The number of hydrogen-bond acceptors (Lipinski definition) is 6. The van der Waals surface area contributed by atoms with Crippen LogP contribution < -0.4 is 14.8 Å². The molecule has 2 rings (SSSR count). The maximum Gasteiger partial charge on any atom is 0.241 e. The van der Waals surface area contributed by atoms with E-state index in [0.717, 1.165) is 5.56 Å². The van der Waals surface area contributed by atoms with Gasteiger partial charge in [-0.05, 0) is 73.1 Å². The highest BCUT2D eigenvalue weighted by molar-refractivity contribution is 7.89. The van der Waals surface area contributed by atoms with E-state index in [1.54, 1.807) is 23.5 Å². The average molecular weight is 454 g/mol. The van der Waals surface area contributed by atoms with Gasteiger partial charge in [0.2, 0.25) is 15.9 Å². The van der Waals surface area contributed by atoms with Gasteiger partial charge in [-0.25, -0.2) is 8.42 Å². The van der Waals surface area contributed by atoms with Gasteiger partial charge < -0.3 is 15.0 Å². The van der Waals surface area contributed by atoms with Gasteiger partial charge in [-0.3, -0.25) is 4.79 Å². The van der Waals surface area contributed by atoms with Crippen LogP contribution in [0.5, 0.6) is 5.75 Å². The zero-order valence-corrected chi connectivity index (χ0v) is 19.7. The van der Waals surface area contributed by atoms with Crippen molar-refractivity contribution in [2.45, 2.75) is 37.2 Å². The fraction of sp³-hybridized carbons (Fsp3) is 0.476. The number of likely N-dealkylation sites (N-methyl/N-ethyl adjacent to an activating group) is 1. The number of carbonyl (C=O) groups is 1. The molecule has 0 saturated heterocycles. The minimum Gasteiger partial charge on any atom is -0.497 e. The molecule has 0 saturated carbocycles. The molecule has 2 aromatic rings. The number of amides is 1. The molecule has 166 valence electrons. The van der Waals surface area contributed by atoms with Gasteiger partial charge in [-0.15, -0.1) is 0 Å². The summed E-state index contributed by atoms with van der Waals surface area (Å²) in [6, 6.07) is 7.26. The van der Waals surface area contributed by atoms with Crippen molar-refractivity contribution in [2.24, 2.45) is 5.92 Å². The number of hydrogen-bond donors (Lipinski definition) is 2. The SMILES string of the molecule is COc1ccc(S(=O)(=O)N[C@H](CC(C)C)C(=O)NC[C@H](c2ccsc2)N(C)C)cc1. The summed E-state index contributed by atoms with van der Waals surface area (Å²) in [5, 5.41) is 6.98. The van der Waals surface area contributed by atoms with Crippen LogP contribution in [0.4, 0.5) is 0 Å². The number of methoxy groups -OCH3 is 1. The molecule has 0 aliphatic rings. The monoisotopic (exact) mass is 453 g/mol. The summed E-state index contributed by atoms with van der Waals surface area (Å²) in [5.41, 5.74) is 1.12. The molecular weight excluding hydrogens is 422 g/mol. The van der Waals surface area contributed by atoms with Gasteiger partial charge >= 0.3 is 0 Å². The number of rotatable bonds is 11. The first-order valence-electron chi connectivity index (χ1n) is 9.76. The zero-order valence-electron chi connectivity index (χ0n) is 18.1. The van der Waals surface area contributed by atoms with Crippen LogP contribution >= 0.6 is 11.3 Å². The first kappa shape index (κ1) is 24.3. The molecule has 9 heteroatoms. The van der Waals surface area contributed by atoms with Crippen molar-refractivity contribution in [3.8, 4) is 5.75 Å². The maximum atomic E-state index is 12.9. The van der Waals surface area contributed by atoms with E-state index in [0.29, 0.717) is 18.7 Å². The lowest BCUT2D eigenvalue weighted by molar-refractivity contribution is -0.123. The zero-order chi connectivity index (χ0) is 22.3. The van der Waals surface area contributed by atoms with Crippen LogP contribution in [-0.4, -0.2) is 53.0 Å². The summed E-state index contributed by atoms with van der Waals surface area (Å²) in [4.78, 5) is 15.0. The lowest BCUT2D eigenvalue weighted by atomic mass is 10.0. The Labute approximate surface area is 183 Å². The molecule has 1 amide bonds. The molecule has 0 spiro atoms. The van der Waals surface area contributed by atoms with Crippen molar-refractivity contribution in [3.05, 3.63) is 46.7 Å². The molecule has 0 fully saturated rings. The number of thiophene rings is 1. The summed E-state index contributed by atoms with van der Waals surface area (Å²) >= 11 is 1.60. The van der Waals surface area contributed by atoms with Gasteiger partial charge in [0.05, 0.1) is 18.0 Å². The van der Waals surface area contributed by atoms with Crippen LogP contribution in [0.15, 0.2) is 46.0 Å². The number of ether oxygens (including phenoxy) is 1. The van der Waals surface area contributed by atoms with Crippen molar-refractivity contribution in [1.29, 1.82) is 0 Å². The Kier molecular flexibility index (Phi) is 8.84. The first-order valence-corrected chi connectivity index (χ1v) is 12.2. The average Bonchev–Trinajstić information content (AvgIpc) is 3.21. The standard InChI is InChI=1S/C21H31N3O4S2/c1-15(2)12-19(23-30(26,27)18-8-6-17(28-5)7-9-18)21(25)22-13-20(24(3)4)16-10-11-29-14-16/h6-11,14-15,19-20,23H,12-13H2,1-5H3,(H,22,25)/t19-,20-/m1/s1. The third kappa shape index (κ3) is 6.80. The van der Waals surface area contributed by atoms with E-state index in [1.807, 2.05) is 44.3 Å². The Hall–Kier alpha value is -1.94. The predicted molar refractivity (Wildman–Crippen MR) is 120 cm³/mol. The van der Waals surface area contributed by atoms with Crippen LogP contribution in [0.2, 0.25) is 0 Å². The molecule has 2 atom stereocenters. The molecule has 30 heavy (non-hydrogen) atoms. The van der Waals surface area contributed by atoms with Gasteiger partial charge in [0.15, 0.2) is 0 Å². The summed E-state index contributed by atoms with van der Waals surface area (Å²) in [5.74, 6) is 0.372. The van der Waals surface area contributed by atoms with Crippen molar-refractivity contribution in [2.75, 3.05) is 27.7 Å². The van der Waals surface area contributed by atoms with Gasteiger partial charge in [0, 0.05) is 6.54 Å². The lowest BCUT2D eigenvalue weighted by Crippen LogP contribution is -2.48. The highest BCUT2D eigenvalue weighted by atomic mass is 32.2. The second-order valence-corrected chi connectivity index (χ2v) is 10.3. The van der Waals surface area contributed by atoms with E-state index in [1.165, 1.54) is 19.2 Å². The van der Waals surface area contributed by atoms with Gasteiger partial charge in [-0.2, -0.15) is 16.1 Å². The Balaban J connectivity index is 2.12. The van der Waals surface area contributed by atoms with E-state index in [2.05, 4.69) is 15.4 Å². The maximum absolute atomic E-state index is 12.9. The largest absolute Gasteiger partial charge is 0.497 e. The number of nitrogens with zero attached hydrogens (tertiary/aromatic N) is 1.